The predicted octanol–water partition coefficient (Wildman–Crippen LogP) is 5.75. The predicted molar refractivity (Wildman–Crippen MR) is 109 cm³/mol. The highest BCUT2D eigenvalue weighted by Gasteiger charge is 2.20. The van der Waals surface area contributed by atoms with Gasteiger partial charge in [0, 0.05) is 5.25 Å². The van der Waals surface area contributed by atoms with Crippen LogP contribution in [0.5, 0.6) is 0 Å². The number of benzene rings is 2. The molecule has 0 fully saturated rings. The number of nitrogens with zero attached hydrogens (tertiary/aromatic N) is 3. The van der Waals surface area contributed by atoms with E-state index >= 15 is 0 Å². The molecule has 4 rings (SSSR count). The van der Waals surface area contributed by atoms with Crippen LogP contribution in [0.4, 0.5) is 0 Å². The molecule has 136 valence electrons. The zero-order chi connectivity index (χ0) is 18.6. The molecular formula is C22H21N3OS. The molecule has 0 amide bonds. The van der Waals surface area contributed by atoms with Crippen molar-refractivity contribution in [1.82, 2.24) is 14.8 Å². The van der Waals surface area contributed by atoms with Gasteiger partial charge in [-0.25, -0.2) is 0 Å². The third kappa shape index (κ3) is 3.83. The molecule has 2 aromatic heterocycles. The Balaban J connectivity index is 1.71. The Morgan fingerprint density at radius 3 is 2.33 bits per heavy atom. The van der Waals surface area contributed by atoms with E-state index in [4.69, 9.17) is 4.42 Å². The molecule has 4 nitrogen and oxygen atoms in total. The summed E-state index contributed by atoms with van der Waals surface area (Å²) in [5.74, 6) is 1.69. The van der Waals surface area contributed by atoms with E-state index in [9.17, 15) is 0 Å². The van der Waals surface area contributed by atoms with Crippen LogP contribution in [0.3, 0.4) is 0 Å². The average molecular weight is 375 g/mol. The van der Waals surface area contributed by atoms with Crippen LogP contribution >= 0.6 is 11.8 Å². The first kappa shape index (κ1) is 17.6. The van der Waals surface area contributed by atoms with Gasteiger partial charge in [-0.3, -0.25) is 4.57 Å². The first-order valence-electron chi connectivity index (χ1n) is 8.95. The van der Waals surface area contributed by atoms with Crippen LogP contribution in [-0.4, -0.2) is 14.8 Å². The Bertz CT molecular complexity index is 1010. The molecule has 0 aliphatic rings. The van der Waals surface area contributed by atoms with Gasteiger partial charge in [0.05, 0.1) is 18.4 Å². The first-order chi connectivity index (χ1) is 13.2. The highest BCUT2D eigenvalue weighted by Crippen LogP contribution is 2.36. The second-order valence-corrected chi connectivity index (χ2v) is 7.75. The number of aromatic nitrogens is 3. The van der Waals surface area contributed by atoms with E-state index in [0.717, 1.165) is 28.8 Å². The lowest BCUT2D eigenvalue weighted by Crippen LogP contribution is -2.05. The summed E-state index contributed by atoms with van der Waals surface area (Å²) in [5.41, 5.74) is 3.48. The van der Waals surface area contributed by atoms with E-state index in [1.54, 1.807) is 18.0 Å². The summed E-state index contributed by atoms with van der Waals surface area (Å²) >= 11 is 1.73. The molecule has 4 aromatic rings. The summed E-state index contributed by atoms with van der Waals surface area (Å²) in [6.07, 6.45) is 1.70. The number of aryl methyl sites for hydroxylation is 1. The number of thioether (sulfide) groups is 1. The molecular weight excluding hydrogens is 354 g/mol. The van der Waals surface area contributed by atoms with Crippen LogP contribution in [0.2, 0.25) is 0 Å². The fourth-order valence-electron chi connectivity index (χ4n) is 3.05. The lowest BCUT2D eigenvalue weighted by Gasteiger charge is -2.14. The molecule has 1 unspecified atom stereocenters. The molecule has 0 bridgehead atoms. The van der Waals surface area contributed by atoms with Gasteiger partial charge in [-0.2, -0.15) is 0 Å². The van der Waals surface area contributed by atoms with E-state index < -0.39 is 0 Å². The molecule has 0 spiro atoms. The first-order valence-corrected chi connectivity index (χ1v) is 9.83. The third-order valence-corrected chi connectivity index (χ3v) is 5.69. The molecule has 0 saturated carbocycles. The largest absolute Gasteiger partial charge is 0.469 e. The standard InChI is InChI=1S/C22H21N3OS/c1-16-20(13-14-26-16)21-23-24-22(25(21)15-18-9-5-3-6-10-18)27-17(2)19-11-7-4-8-12-19/h3-14,17H,15H2,1-2H3. The van der Waals surface area contributed by atoms with Crippen molar-refractivity contribution in [1.29, 1.82) is 0 Å². The molecule has 1 atom stereocenters. The van der Waals surface area contributed by atoms with Gasteiger partial charge >= 0.3 is 0 Å². The van der Waals surface area contributed by atoms with Gasteiger partial charge in [0.15, 0.2) is 11.0 Å². The minimum absolute atomic E-state index is 0.281. The highest BCUT2D eigenvalue weighted by atomic mass is 32.2. The topological polar surface area (TPSA) is 43.9 Å². The molecule has 0 N–H and O–H groups in total. The Kier molecular flexibility index (Phi) is 5.12. The van der Waals surface area contributed by atoms with Crippen molar-refractivity contribution in [3.63, 3.8) is 0 Å². The summed E-state index contributed by atoms with van der Waals surface area (Å²) in [6, 6.07) is 22.8. The lowest BCUT2D eigenvalue weighted by molar-refractivity contribution is 0.534. The summed E-state index contributed by atoms with van der Waals surface area (Å²) in [4.78, 5) is 0. The fraction of sp³-hybridized carbons (Fsp3) is 0.182. The van der Waals surface area contributed by atoms with Crippen molar-refractivity contribution in [2.45, 2.75) is 30.8 Å². The van der Waals surface area contributed by atoms with E-state index in [-0.39, 0.29) is 5.25 Å². The normalized spacial score (nSPS) is 12.2. The molecule has 2 aromatic carbocycles. The van der Waals surface area contributed by atoms with Crippen molar-refractivity contribution in [2.75, 3.05) is 0 Å². The second-order valence-electron chi connectivity index (χ2n) is 6.44. The van der Waals surface area contributed by atoms with Gasteiger partial charge in [0.1, 0.15) is 5.76 Å². The summed E-state index contributed by atoms with van der Waals surface area (Å²) in [5, 5.41) is 10.2. The van der Waals surface area contributed by atoms with Crippen molar-refractivity contribution in [3.8, 4) is 11.4 Å². The van der Waals surface area contributed by atoms with Crippen molar-refractivity contribution < 1.29 is 4.42 Å². The molecule has 0 radical (unpaired) electrons. The van der Waals surface area contributed by atoms with Gasteiger partial charge in [0.2, 0.25) is 0 Å². The monoisotopic (exact) mass is 375 g/mol. The number of hydrogen-bond donors (Lipinski definition) is 0. The van der Waals surface area contributed by atoms with Gasteiger partial charge in [0.25, 0.3) is 0 Å². The van der Waals surface area contributed by atoms with Crippen molar-refractivity contribution in [3.05, 3.63) is 89.9 Å². The zero-order valence-electron chi connectivity index (χ0n) is 15.4. The van der Waals surface area contributed by atoms with Crippen molar-refractivity contribution >= 4 is 11.8 Å². The maximum absolute atomic E-state index is 5.50. The highest BCUT2D eigenvalue weighted by molar-refractivity contribution is 7.99. The Labute approximate surface area is 163 Å². The average Bonchev–Trinajstić information content (AvgIpc) is 3.29. The molecule has 2 heterocycles. The zero-order valence-corrected chi connectivity index (χ0v) is 16.2. The quantitative estimate of drug-likeness (QED) is 0.403. The number of furan rings is 1. The summed E-state index contributed by atoms with van der Waals surface area (Å²) in [6.45, 7) is 4.87. The summed E-state index contributed by atoms with van der Waals surface area (Å²) < 4.78 is 7.67. The van der Waals surface area contributed by atoms with Crippen molar-refractivity contribution in [2.24, 2.45) is 0 Å². The smallest absolute Gasteiger partial charge is 0.192 e. The van der Waals surface area contributed by atoms with Gasteiger partial charge < -0.3 is 4.42 Å². The lowest BCUT2D eigenvalue weighted by atomic mass is 10.2. The number of rotatable bonds is 6. The van der Waals surface area contributed by atoms with Crippen LogP contribution in [0.25, 0.3) is 11.4 Å². The van der Waals surface area contributed by atoms with E-state index in [2.05, 4.69) is 70.2 Å². The second kappa shape index (κ2) is 7.84. The minimum atomic E-state index is 0.281. The number of hydrogen-bond acceptors (Lipinski definition) is 4. The maximum atomic E-state index is 5.50. The molecule has 0 aliphatic carbocycles. The minimum Gasteiger partial charge on any atom is -0.469 e. The molecule has 0 aliphatic heterocycles. The van der Waals surface area contributed by atoms with Gasteiger partial charge in [-0.1, -0.05) is 72.4 Å². The Hall–Kier alpha value is -2.79. The van der Waals surface area contributed by atoms with E-state index in [1.807, 2.05) is 25.1 Å². The van der Waals surface area contributed by atoms with E-state index in [1.165, 1.54) is 11.1 Å². The fourth-order valence-corrected chi connectivity index (χ4v) is 4.03. The van der Waals surface area contributed by atoms with Crippen LogP contribution in [0.15, 0.2) is 82.6 Å². The third-order valence-electron chi connectivity index (χ3n) is 4.55. The molecule has 0 saturated heterocycles. The summed E-state index contributed by atoms with van der Waals surface area (Å²) in [7, 11) is 0. The van der Waals surface area contributed by atoms with Crippen LogP contribution in [0.1, 0.15) is 29.1 Å². The Morgan fingerprint density at radius 1 is 0.963 bits per heavy atom. The van der Waals surface area contributed by atoms with Crippen LogP contribution in [0, 0.1) is 6.92 Å². The SMILES string of the molecule is Cc1occc1-c1nnc(SC(C)c2ccccc2)n1Cc1ccccc1. The van der Waals surface area contributed by atoms with Crippen LogP contribution in [-0.2, 0) is 6.54 Å². The maximum Gasteiger partial charge on any atom is 0.192 e. The molecule has 5 heteroatoms. The Morgan fingerprint density at radius 2 is 1.67 bits per heavy atom. The van der Waals surface area contributed by atoms with Gasteiger partial charge in [-0.15, -0.1) is 10.2 Å². The van der Waals surface area contributed by atoms with E-state index in [0.29, 0.717) is 0 Å². The van der Waals surface area contributed by atoms with Crippen LogP contribution < -0.4 is 0 Å². The molecule has 27 heavy (non-hydrogen) atoms. The van der Waals surface area contributed by atoms with Gasteiger partial charge in [-0.05, 0) is 31.0 Å².